The molecule has 0 aliphatic heterocycles. The fraction of sp³-hybridized carbons (Fsp3) is 0.0588. The van der Waals surface area contributed by atoms with Crippen LogP contribution in [0.15, 0.2) is 69.9 Å². The zero-order valence-electron chi connectivity index (χ0n) is 12.1. The second-order valence-corrected chi connectivity index (χ2v) is 4.79. The molecule has 0 saturated carbocycles. The van der Waals surface area contributed by atoms with E-state index < -0.39 is 0 Å². The van der Waals surface area contributed by atoms with Gasteiger partial charge in [-0.1, -0.05) is 12.1 Å². The number of amides is 2. The maximum absolute atomic E-state index is 11.8. The number of carbonyl (C=O) groups excluding carboxylic acids is 2. The van der Waals surface area contributed by atoms with Crippen LogP contribution in [-0.4, -0.2) is 11.8 Å². The summed E-state index contributed by atoms with van der Waals surface area (Å²) >= 11 is 0. The van der Waals surface area contributed by atoms with Crippen molar-refractivity contribution < 1.29 is 18.4 Å². The van der Waals surface area contributed by atoms with Crippen molar-refractivity contribution in [3.63, 3.8) is 0 Å². The molecule has 0 bridgehead atoms. The monoisotopic (exact) mass is 310 g/mol. The van der Waals surface area contributed by atoms with Crippen molar-refractivity contribution in [3.05, 3.63) is 78.1 Å². The van der Waals surface area contributed by atoms with Gasteiger partial charge in [0.2, 0.25) is 0 Å². The Labute approximate surface area is 132 Å². The topological polar surface area (TPSA) is 84.5 Å². The Morgan fingerprint density at radius 1 is 0.826 bits per heavy atom. The number of hydrogen-bond acceptors (Lipinski definition) is 4. The molecule has 6 heteroatoms. The van der Waals surface area contributed by atoms with E-state index in [4.69, 9.17) is 8.83 Å². The van der Waals surface area contributed by atoms with Gasteiger partial charge in [0, 0.05) is 12.2 Å². The standard InChI is InChI=1S/C17H14N2O4/c20-16(14-3-1-9-22-14)18-11-12-5-7-13(8-6-12)19-17(21)15-4-2-10-23-15/h1-10H,11H2,(H,18,20)(H,19,21). The molecule has 2 heterocycles. The Bertz CT molecular complexity index is 775. The molecule has 6 nitrogen and oxygen atoms in total. The van der Waals surface area contributed by atoms with Gasteiger partial charge < -0.3 is 19.5 Å². The first-order chi connectivity index (χ1) is 11.2. The van der Waals surface area contributed by atoms with Crippen LogP contribution in [0.1, 0.15) is 26.7 Å². The van der Waals surface area contributed by atoms with Gasteiger partial charge in [-0.25, -0.2) is 0 Å². The van der Waals surface area contributed by atoms with Crippen molar-refractivity contribution in [2.45, 2.75) is 6.54 Å². The number of hydrogen-bond donors (Lipinski definition) is 2. The maximum atomic E-state index is 11.8. The molecule has 0 atom stereocenters. The zero-order chi connectivity index (χ0) is 16.1. The largest absolute Gasteiger partial charge is 0.459 e. The first-order valence-corrected chi connectivity index (χ1v) is 6.98. The summed E-state index contributed by atoms with van der Waals surface area (Å²) in [6, 6.07) is 13.7. The van der Waals surface area contributed by atoms with Gasteiger partial charge in [0.05, 0.1) is 12.5 Å². The minimum Gasteiger partial charge on any atom is -0.459 e. The van der Waals surface area contributed by atoms with Crippen LogP contribution in [0.5, 0.6) is 0 Å². The zero-order valence-corrected chi connectivity index (χ0v) is 12.1. The van der Waals surface area contributed by atoms with Crippen LogP contribution in [-0.2, 0) is 6.54 Å². The third-order valence-electron chi connectivity index (χ3n) is 3.15. The van der Waals surface area contributed by atoms with E-state index in [1.807, 2.05) is 12.1 Å². The van der Waals surface area contributed by atoms with Crippen LogP contribution in [0.3, 0.4) is 0 Å². The molecule has 2 amide bonds. The van der Waals surface area contributed by atoms with E-state index in [0.717, 1.165) is 5.56 Å². The SMILES string of the molecule is O=C(NCc1ccc(NC(=O)c2ccco2)cc1)c1ccco1. The predicted molar refractivity (Wildman–Crippen MR) is 83.0 cm³/mol. The first-order valence-electron chi connectivity index (χ1n) is 6.98. The van der Waals surface area contributed by atoms with Gasteiger partial charge in [-0.15, -0.1) is 0 Å². The van der Waals surface area contributed by atoms with E-state index in [2.05, 4.69) is 10.6 Å². The third kappa shape index (κ3) is 3.68. The van der Waals surface area contributed by atoms with Crippen LogP contribution in [0.25, 0.3) is 0 Å². The summed E-state index contributed by atoms with van der Waals surface area (Å²) in [5.74, 6) is -0.0637. The highest BCUT2D eigenvalue weighted by Crippen LogP contribution is 2.12. The number of nitrogens with one attached hydrogen (secondary N) is 2. The summed E-state index contributed by atoms with van der Waals surface area (Å²) in [7, 11) is 0. The van der Waals surface area contributed by atoms with Crippen LogP contribution in [0, 0.1) is 0 Å². The molecule has 3 aromatic rings. The number of furan rings is 2. The number of benzene rings is 1. The average Bonchev–Trinajstić information content (AvgIpc) is 3.27. The van der Waals surface area contributed by atoms with Gasteiger partial charge in [0.1, 0.15) is 0 Å². The van der Waals surface area contributed by atoms with E-state index in [9.17, 15) is 9.59 Å². The molecule has 0 unspecified atom stereocenters. The Balaban J connectivity index is 1.55. The van der Waals surface area contributed by atoms with E-state index >= 15 is 0 Å². The quantitative estimate of drug-likeness (QED) is 0.758. The molecule has 1 aromatic carbocycles. The van der Waals surface area contributed by atoms with Crippen molar-refractivity contribution in [2.75, 3.05) is 5.32 Å². The number of anilines is 1. The molecule has 0 saturated heterocycles. The maximum Gasteiger partial charge on any atom is 0.291 e. The lowest BCUT2D eigenvalue weighted by Gasteiger charge is -2.06. The van der Waals surface area contributed by atoms with E-state index in [-0.39, 0.29) is 23.3 Å². The van der Waals surface area contributed by atoms with Gasteiger partial charge >= 0.3 is 0 Å². The normalized spacial score (nSPS) is 10.3. The Morgan fingerprint density at radius 2 is 1.43 bits per heavy atom. The molecule has 2 aromatic heterocycles. The Hall–Kier alpha value is -3.28. The van der Waals surface area contributed by atoms with Crippen LogP contribution in [0.4, 0.5) is 5.69 Å². The van der Waals surface area contributed by atoms with E-state index in [0.29, 0.717) is 12.2 Å². The molecule has 0 fully saturated rings. The summed E-state index contributed by atoms with van der Waals surface area (Å²) in [5, 5.41) is 5.47. The van der Waals surface area contributed by atoms with Crippen molar-refractivity contribution in [3.8, 4) is 0 Å². The highest BCUT2D eigenvalue weighted by Gasteiger charge is 2.09. The van der Waals surface area contributed by atoms with Gasteiger partial charge in [-0.3, -0.25) is 9.59 Å². The van der Waals surface area contributed by atoms with E-state index in [1.54, 1.807) is 36.4 Å². The summed E-state index contributed by atoms with van der Waals surface area (Å²) in [5.41, 5.74) is 1.55. The van der Waals surface area contributed by atoms with Crippen LogP contribution in [0.2, 0.25) is 0 Å². The first kappa shape index (κ1) is 14.6. The molecule has 3 rings (SSSR count). The molecular weight excluding hydrogens is 296 g/mol. The predicted octanol–water partition coefficient (Wildman–Crippen LogP) is 3.05. The van der Waals surface area contributed by atoms with Crippen molar-refractivity contribution in [1.29, 1.82) is 0 Å². The molecule has 23 heavy (non-hydrogen) atoms. The lowest BCUT2D eigenvalue weighted by Crippen LogP contribution is -2.22. The van der Waals surface area contributed by atoms with Crippen LogP contribution < -0.4 is 10.6 Å². The fourth-order valence-electron chi connectivity index (χ4n) is 1.98. The molecule has 0 radical (unpaired) electrons. The van der Waals surface area contributed by atoms with Crippen molar-refractivity contribution >= 4 is 17.5 Å². The third-order valence-corrected chi connectivity index (χ3v) is 3.15. The van der Waals surface area contributed by atoms with Gasteiger partial charge in [0.15, 0.2) is 11.5 Å². The highest BCUT2D eigenvalue weighted by atomic mass is 16.3. The lowest BCUT2D eigenvalue weighted by atomic mass is 10.2. The van der Waals surface area contributed by atoms with Gasteiger partial charge in [0.25, 0.3) is 11.8 Å². The molecule has 0 spiro atoms. The molecule has 2 N–H and O–H groups in total. The average molecular weight is 310 g/mol. The van der Waals surface area contributed by atoms with Gasteiger partial charge in [-0.05, 0) is 42.0 Å². The highest BCUT2D eigenvalue weighted by molar-refractivity contribution is 6.02. The Morgan fingerprint density at radius 3 is 2.00 bits per heavy atom. The summed E-state index contributed by atoms with van der Waals surface area (Å²) in [4.78, 5) is 23.6. The summed E-state index contributed by atoms with van der Waals surface area (Å²) < 4.78 is 10.0. The molecular formula is C17H14N2O4. The van der Waals surface area contributed by atoms with Gasteiger partial charge in [-0.2, -0.15) is 0 Å². The second kappa shape index (κ2) is 6.65. The minimum absolute atomic E-state index is 0.250. The Kier molecular flexibility index (Phi) is 4.24. The van der Waals surface area contributed by atoms with Crippen LogP contribution >= 0.6 is 0 Å². The molecule has 116 valence electrons. The second-order valence-electron chi connectivity index (χ2n) is 4.79. The summed E-state index contributed by atoms with van der Waals surface area (Å²) in [6.45, 7) is 0.367. The minimum atomic E-state index is -0.311. The van der Waals surface area contributed by atoms with Crippen molar-refractivity contribution in [1.82, 2.24) is 5.32 Å². The number of carbonyl (C=O) groups is 2. The lowest BCUT2D eigenvalue weighted by molar-refractivity contribution is 0.0922. The molecule has 0 aliphatic rings. The smallest absolute Gasteiger partial charge is 0.291 e. The van der Waals surface area contributed by atoms with Crippen molar-refractivity contribution in [2.24, 2.45) is 0 Å². The number of rotatable bonds is 5. The van der Waals surface area contributed by atoms with E-state index in [1.165, 1.54) is 12.5 Å². The summed E-state index contributed by atoms with van der Waals surface area (Å²) in [6.07, 6.45) is 2.89. The fourth-order valence-corrected chi connectivity index (χ4v) is 1.98. The molecule has 0 aliphatic carbocycles.